The second-order valence-electron chi connectivity index (χ2n) is 6.63. The van der Waals surface area contributed by atoms with Crippen LogP contribution in [0.2, 0.25) is 0 Å². The summed E-state index contributed by atoms with van der Waals surface area (Å²) in [6.07, 6.45) is 4.03. The maximum Gasteiger partial charge on any atom is 0.410 e. The summed E-state index contributed by atoms with van der Waals surface area (Å²) in [4.78, 5) is 31.8. The standard InChI is InChI=1S/C17H24N4O3/c1-20-13-17(24-16(20)23)6-4-9-21(10-7-17)12-15(22)19-11-14-5-2-3-8-18-14/h2-3,5,8H,4,6-7,9-13H2,1H3,(H,19,22). The summed E-state index contributed by atoms with van der Waals surface area (Å²) in [6, 6.07) is 5.65. The van der Waals surface area contributed by atoms with Crippen molar-refractivity contribution in [1.82, 2.24) is 20.1 Å². The first kappa shape index (κ1) is 16.7. The Morgan fingerprint density at radius 2 is 2.25 bits per heavy atom. The summed E-state index contributed by atoms with van der Waals surface area (Å²) in [5.41, 5.74) is 0.479. The van der Waals surface area contributed by atoms with E-state index in [0.717, 1.165) is 38.0 Å². The molecule has 2 aliphatic rings. The second kappa shape index (κ2) is 7.17. The average Bonchev–Trinajstić information content (AvgIpc) is 2.73. The quantitative estimate of drug-likeness (QED) is 0.890. The van der Waals surface area contributed by atoms with E-state index in [-0.39, 0.29) is 17.6 Å². The van der Waals surface area contributed by atoms with E-state index in [1.807, 2.05) is 18.2 Å². The molecule has 0 aromatic carbocycles. The molecule has 1 spiro atoms. The predicted octanol–water partition coefficient (Wildman–Crippen LogP) is 1.00. The van der Waals surface area contributed by atoms with Crippen molar-refractivity contribution < 1.29 is 14.3 Å². The van der Waals surface area contributed by atoms with Crippen molar-refractivity contribution >= 4 is 12.0 Å². The van der Waals surface area contributed by atoms with Gasteiger partial charge in [-0.3, -0.25) is 14.7 Å². The summed E-state index contributed by atoms with van der Waals surface area (Å²) in [5.74, 6) is -0.00265. The van der Waals surface area contributed by atoms with Crippen LogP contribution < -0.4 is 5.32 Å². The zero-order valence-corrected chi connectivity index (χ0v) is 14.0. The number of likely N-dealkylation sites (tertiary alicyclic amines) is 1. The van der Waals surface area contributed by atoms with Crippen LogP contribution in [-0.4, -0.2) is 65.6 Å². The molecular formula is C17H24N4O3. The smallest absolute Gasteiger partial charge is 0.410 e. The molecule has 1 unspecified atom stereocenters. The molecule has 7 heteroatoms. The number of nitrogens with zero attached hydrogens (tertiary/aromatic N) is 3. The van der Waals surface area contributed by atoms with Crippen molar-refractivity contribution in [1.29, 1.82) is 0 Å². The summed E-state index contributed by atoms with van der Waals surface area (Å²) < 4.78 is 5.59. The fraction of sp³-hybridized carbons (Fsp3) is 0.588. The number of ether oxygens (including phenoxy) is 1. The minimum atomic E-state index is -0.370. The zero-order valence-electron chi connectivity index (χ0n) is 14.0. The molecule has 3 rings (SSSR count). The molecule has 1 aromatic heterocycles. The van der Waals surface area contributed by atoms with Crippen LogP contribution in [0.25, 0.3) is 0 Å². The fourth-order valence-corrected chi connectivity index (χ4v) is 3.38. The predicted molar refractivity (Wildman–Crippen MR) is 88.2 cm³/mol. The Labute approximate surface area is 142 Å². The molecule has 0 aliphatic carbocycles. The molecule has 0 radical (unpaired) electrons. The van der Waals surface area contributed by atoms with Crippen molar-refractivity contribution in [2.24, 2.45) is 0 Å². The van der Waals surface area contributed by atoms with Gasteiger partial charge in [-0.15, -0.1) is 0 Å². The average molecular weight is 332 g/mol. The van der Waals surface area contributed by atoms with E-state index in [0.29, 0.717) is 19.6 Å². The van der Waals surface area contributed by atoms with Crippen molar-refractivity contribution in [2.45, 2.75) is 31.4 Å². The second-order valence-corrected chi connectivity index (χ2v) is 6.63. The van der Waals surface area contributed by atoms with Gasteiger partial charge in [-0.2, -0.15) is 0 Å². The van der Waals surface area contributed by atoms with Gasteiger partial charge in [0.1, 0.15) is 5.60 Å². The Morgan fingerprint density at radius 1 is 1.38 bits per heavy atom. The van der Waals surface area contributed by atoms with Gasteiger partial charge in [0, 0.05) is 26.2 Å². The van der Waals surface area contributed by atoms with Crippen LogP contribution in [0.5, 0.6) is 0 Å². The number of amides is 2. The lowest BCUT2D eigenvalue weighted by Gasteiger charge is -2.25. The van der Waals surface area contributed by atoms with E-state index >= 15 is 0 Å². The van der Waals surface area contributed by atoms with Crippen LogP contribution in [-0.2, 0) is 16.1 Å². The molecule has 0 saturated carbocycles. The highest BCUT2D eigenvalue weighted by molar-refractivity contribution is 5.78. The lowest BCUT2D eigenvalue weighted by molar-refractivity contribution is -0.122. The van der Waals surface area contributed by atoms with Gasteiger partial charge in [-0.05, 0) is 31.5 Å². The number of carbonyl (C=O) groups excluding carboxylic acids is 2. The highest BCUT2D eigenvalue weighted by Crippen LogP contribution is 2.32. The molecular weight excluding hydrogens is 308 g/mol. The summed E-state index contributed by atoms with van der Waals surface area (Å²) in [7, 11) is 1.77. The first-order valence-electron chi connectivity index (χ1n) is 8.39. The first-order chi connectivity index (χ1) is 11.6. The lowest BCUT2D eigenvalue weighted by Crippen LogP contribution is -2.39. The maximum absolute atomic E-state index is 12.1. The Bertz CT molecular complexity index is 595. The van der Waals surface area contributed by atoms with Crippen LogP contribution in [0, 0.1) is 0 Å². The number of rotatable bonds is 4. The van der Waals surface area contributed by atoms with Gasteiger partial charge >= 0.3 is 6.09 Å². The van der Waals surface area contributed by atoms with Crippen LogP contribution in [0.15, 0.2) is 24.4 Å². The van der Waals surface area contributed by atoms with Gasteiger partial charge in [-0.1, -0.05) is 6.07 Å². The Hall–Kier alpha value is -2.15. The van der Waals surface area contributed by atoms with Gasteiger partial charge in [0.15, 0.2) is 0 Å². The highest BCUT2D eigenvalue weighted by atomic mass is 16.6. The van der Waals surface area contributed by atoms with Crippen LogP contribution in [0.3, 0.4) is 0 Å². The maximum atomic E-state index is 12.1. The largest absolute Gasteiger partial charge is 0.441 e. The van der Waals surface area contributed by atoms with Gasteiger partial charge in [0.05, 0.1) is 25.3 Å². The zero-order chi connectivity index (χ0) is 17.0. The normalized spacial score (nSPS) is 24.7. The van der Waals surface area contributed by atoms with Gasteiger partial charge in [0.25, 0.3) is 0 Å². The third-order valence-corrected chi connectivity index (χ3v) is 4.69. The summed E-state index contributed by atoms with van der Waals surface area (Å²) in [5, 5.41) is 2.91. The van der Waals surface area contributed by atoms with E-state index in [9.17, 15) is 9.59 Å². The number of aromatic nitrogens is 1. The molecule has 2 saturated heterocycles. The van der Waals surface area contributed by atoms with E-state index in [1.54, 1.807) is 18.1 Å². The molecule has 1 aromatic rings. The minimum Gasteiger partial charge on any atom is -0.441 e. The van der Waals surface area contributed by atoms with Crippen molar-refractivity contribution in [3.05, 3.63) is 30.1 Å². The molecule has 3 heterocycles. The van der Waals surface area contributed by atoms with E-state index < -0.39 is 0 Å². The van der Waals surface area contributed by atoms with Crippen molar-refractivity contribution in [3.8, 4) is 0 Å². The number of nitrogens with one attached hydrogen (secondary N) is 1. The Kier molecular flexibility index (Phi) is 4.99. The number of likely N-dealkylation sites (N-methyl/N-ethyl adjacent to an activating group) is 1. The summed E-state index contributed by atoms with van der Waals surface area (Å²) >= 11 is 0. The third kappa shape index (κ3) is 4.03. The van der Waals surface area contributed by atoms with Gasteiger partial charge in [-0.25, -0.2) is 4.79 Å². The van der Waals surface area contributed by atoms with Crippen molar-refractivity contribution in [3.63, 3.8) is 0 Å². The Balaban J connectivity index is 1.46. The topological polar surface area (TPSA) is 74.8 Å². The molecule has 7 nitrogen and oxygen atoms in total. The highest BCUT2D eigenvalue weighted by Gasteiger charge is 2.44. The molecule has 2 amide bonds. The summed E-state index contributed by atoms with van der Waals surface area (Å²) in [6.45, 7) is 3.07. The molecule has 2 aliphatic heterocycles. The van der Waals surface area contributed by atoms with Gasteiger partial charge in [0.2, 0.25) is 5.91 Å². The monoisotopic (exact) mass is 332 g/mol. The SMILES string of the molecule is CN1CC2(CCCN(CC(=O)NCc3ccccn3)CC2)OC1=O. The van der Waals surface area contributed by atoms with E-state index in [1.165, 1.54) is 0 Å². The number of carbonyl (C=O) groups is 2. The molecule has 0 bridgehead atoms. The number of hydrogen-bond acceptors (Lipinski definition) is 5. The lowest BCUT2D eigenvalue weighted by atomic mass is 9.95. The molecule has 24 heavy (non-hydrogen) atoms. The van der Waals surface area contributed by atoms with Gasteiger partial charge < -0.3 is 15.0 Å². The fourth-order valence-electron chi connectivity index (χ4n) is 3.38. The van der Waals surface area contributed by atoms with Crippen LogP contribution in [0.1, 0.15) is 25.0 Å². The van der Waals surface area contributed by atoms with Crippen molar-refractivity contribution in [2.75, 3.05) is 33.2 Å². The molecule has 1 atom stereocenters. The number of hydrogen-bond donors (Lipinski definition) is 1. The first-order valence-corrected chi connectivity index (χ1v) is 8.39. The minimum absolute atomic E-state index is 0.00265. The molecule has 130 valence electrons. The van der Waals surface area contributed by atoms with E-state index in [2.05, 4.69) is 15.2 Å². The Morgan fingerprint density at radius 3 is 2.96 bits per heavy atom. The van der Waals surface area contributed by atoms with E-state index in [4.69, 9.17) is 4.74 Å². The number of pyridine rings is 1. The van der Waals surface area contributed by atoms with Crippen LogP contribution in [0.4, 0.5) is 4.79 Å². The molecule has 1 N–H and O–H groups in total. The third-order valence-electron chi connectivity index (χ3n) is 4.69. The van der Waals surface area contributed by atoms with Crippen LogP contribution >= 0.6 is 0 Å². The molecule has 2 fully saturated rings.